The molecule has 0 saturated heterocycles. The maximum atomic E-state index is 12.5. The van der Waals surface area contributed by atoms with Gasteiger partial charge in [-0.1, -0.05) is 13.8 Å². The third kappa shape index (κ3) is 3.55. The van der Waals surface area contributed by atoms with Crippen molar-refractivity contribution in [2.75, 3.05) is 24.3 Å². The minimum Gasteiger partial charge on any atom is -0.363 e. The number of amides is 1. The number of hydrogen-bond donors (Lipinski definition) is 1. The van der Waals surface area contributed by atoms with Crippen molar-refractivity contribution >= 4 is 17.5 Å². The van der Waals surface area contributed by atoms with E-state index >= 15 is 0 Å². The van der Waals surface area contributed by atoms with Crippen LogP contribution in [0, 0.1) is 6.92 Å². The van der Waals surface area contributed by atoms with Crippen LogP contribution in [-0.4, -0.2) is 39.9 Å². The van der Waals surface area contributed by atoms with E-state index < -0.39 is 0 Å². The van der Waals surface area contributed by atoms with Gasteiger partial charge in [-0.25, -0.2) is 19.9 Å². The van der Waals surface area contributed by atoms with Crippen molar-refractivity contribution in [2.45, 2.75) is 26.7 Å². The summed E-state index contributed by atoms with van der Waals surface area (Å²) in [4.78, 5) is 31.0. The molecule has 1 amide bonds. The number of aryl methyl sites for hydroxylation is 1. The molecule has 2 rings (SSSR count). The molecule has 116 valence electrons. The van der Waals surface area contributed by atoms with Crippen LogP contribution in [0.15, 0.2) is 18.6 Å². The molecule has 7 nitrogen and oxygen atoms in total. The van der Waals surface area contributed by atoms with Crippen molar-refractivity contribution in [1.82, 2.24) is 19.9 Å². The Morgan fingerprint density at radius 1 is 1.23 bits per heavy atom. The molecule has 0 aliphatic carbocycles. The molecule has 0 fully saturated rings. The number of carbonyl (C=O) groups excluding carboxylic acids is 1. The van der Waals surface area contributed by atoms with E-state index in [9.17, 15) is 4.79 Å². The lowest BCUT2D eigenvalue weighted by Crippen LogP contribution is -2.18. The van der Waals surface area contributed by atoms with Crippen LogP contribution in [0.5, 0.6) is 0 Å². The Bertz CT molecular complexity index is 683. The summed E-state index contributed by atoms with van der Waals surface area (Å²) >= 11 is 0. The Labute approximate surface area is 129 Å². The second kappa shape index (κ2) is 6.46. The Morgan fingerprint density at radius 2 is 1.95 bits per heavy atom. The molecule has 2 aromatic rings. The van der Waals surface area contributed by atoms with Gasteiger partial charge in [0.25, 0.3) is 5.91 Å². The molecule has 2 aromatic heterocycles. The molecule has 0 unspecified atom stereocenters. The Kier molecular flexibility index (Phi) is 4.65. The SMILES string of the molecule is Cc1ncc(C(=O)Nc2cc(N(C)C)ncn2)c(C(C)C)n1. The molecule has 0 atom stereocenters. The fourth-order valence-corrected chi connectivity index (χ4v) is 1.95. The number of anilines is 2. The van der Waals surface area contributed by atoms with Gasteiger partial charge in [0.05, 0.1) is 11.3 Å². The highest BCUT2D eigenvalue weighted by molar-refractivity contribution is 6.04. The van der Waals surface area contributed by atoms with Gasteiger partial charge in [0, 0.05) is 26.4 Å². The molecule has 1 N–H and O–H groups in total. The highest BCUT2D eigenvalue weighted by Crippen LogP contribution is 2.18. The highest BCUT2D eigenvalue weighted by atomic mass is 16.1. The second-order valence-corrected chi connectivity index (χ2v) is 5.48. The summed E-state index contributed by atoms with van der Waals surface area (Å²) in [5.41, 5.74) is 1.19. The maximum absolute atomic E-state index is 12.5. The number of aromatic nitrogens is 4. The lowest BCUT2D eigenvalue weighted by molar-refractivity contribution is 0.102. The first-order valence-electron chi connectivity index (χ1n) is 7.02. The molecule has 22 heavy (non-hydrogen) atoms. The lowest BCUT2D eigenvalue weighted by Gasteiger charge is -2.13. The van der Waals surface area contributed by atoms with Gasteiger partial charge in [-0.05, 0) is 12.8 Å². The van der Waals surface area contributed by atoms with E-state index in [0.717, 1.165) is 11.5 Å². The minimum absolute atomic E-state index is 0.130. The summed E-state index contributed by atoms with van der Waals surface area (Å²) in [6.45, 7) is 5.79. The zero-order valence-electron chi connectivity index (χ0n) is 13.5. The normalized spacial score (nSPS) is 10.6. The molecule has 0 aromatic carbocycles. The molecule has 0 bridgehead atoms. The minimum atomic E-state index is -0.271. The van der Waals surface area contributed by atoms with Gasteiger partial charge in [0.2, 0.25) is 0 Å². The quantitative estimate of drug-likeness (QED) is 0.930. The van der Waals surface area contributed by atoms with Crippen LogP contribution in [0.3, 0.4) is 0 Å². The van der Waals surface area contributed by atoms with Crippen molar-refractivity contribution in [2.24, 2.45) is 0 Å². The second-order valence-electron chi connectivity index (χ2n) is 5.48. The fourth-order valence-electron chi connectivity index (χ4n) is 1.95. The third-order valence-corrected chi connectivity index (χ3v) is 3.08. The average molecular weight is 300 g/mol. The molecule has 7 heteroatoms. The van der Waals surface area contributed by atoms with Crippen LogP contribution < -0.4 is 10.2 Å². The van der Waals surface area contributed by atoms with E-state index in [1.807, 2.05) is 32.8 Å². The van der Waals surface area contributed by atoms with Crippen molar-refractivity contribution in [1.29, 1.82) is 0 Å². The van der Waals surface area contributed by atoms with Gasteiger partial charge in [-0.2, -0.15) is 0 Å². The first kappa shape index (κ1) is 15.8. The largest absolute Gasteiger partial charge is 0.363 e. The molecule has 2 heterocycles. The van der Waals surface area contributed by atoms with Crippen LogP contribution in [0.1, 0.15) is 41.6 Å². The predicted octanol–water partition coefficient (Wildman–Crippen LogP) is 2.02. The topological polar surface area (TPSA) is 83.9 Å². The first-order chi connectivity index (χ1) is 10.4. The number of nitrogens with one attached hydrogen (secondary N) is 1. The summed E-state index contributed by atoms with van der Waals surface area (Å²) in [6.07, 6.45) is 2.97. The standard InChI is InChI=1S/C15H20N6O/c1-9(2)14-11(7-16-10(3)19-14)15(22)20-12-6-13(21(4)5)18-8-17-12/h6-9H,1-5H3,(H,17,18,20,22). The van der Waals surface area contributed by atoms with Gasteiger partial charge in [-0.3, -0.25) is 4.79 Å². The average Bonchev–Trinajstić information content (AvgIpc) is 2.47. The summed E-state index contributed by atoms with van der Waals surface area (Å²) < 4.78 is 0. The molecular weight excluding hydrogens is 280 g/mol. The number of nitrogens with zero attached hydrogens (tertiary/aromatic N) is 5. The van der Waals surface area contributed by atoms with Gasteiger partial charge in [-0.15, -0.1) is 0 Å². The van der Waals surface area contributed by atoms with Crippen molar-refractivity contribution < 1.29 is 4.79 Å². The van der Waals surface area contributed by atoms with Crippen molar-refractivity contribution in [3.63, 3.8) is 0 Å². The Morgan fingerprint density at radius 3 is 2.59 bits per heavy atom. The van der Waals surface area contributed by atoms with E-state index in [4.69, 9.17) is 0 Å². The first-order valence-corrected chi connectivity index (χ1v) is 7.02. The Balaban J connectivity index is 2.28. The summed E-state index contributed by atoms with van der Waals surface area (Å²) in [6, 6.07) is 1.71. The van der Waals surface area contributed by atoms with Gasteiger partial charge < -0.3 is 10.2 Å². The van der Waals surface area contributed by atoms with Crippen LogP contribution >= 0.6 is 0 Å². The molecular formula is C15H20N6O. The van der Waals surface area contributed by atoms with Crippen LogP contribution in [0.4, 0.5) is 11.6 Å². The van der Waals surface area contributed by atoms with Gasteiger partial charge in [0.15, 0.2) is 0 Å². The molecule has 0 aliphatic rings. The smallest absolute Gasteiger partial charge is 0.260 e. The predicted molar refractivity (Wildman–Crippen MR) is 85.2 cm³/mol. The number of rotatable bonds is 4. The van der Waals surface area contributed by atoms with Gasteiger partial charge >= 0.3 is 0 Å². The molecule has 0 saturated carbocycles. The van der Waals surface area contributed by atoms with Crippen molar-refractivity contribution in [3.05, 3.63) is 35.7 Å². The zero-order valence-corrected chi connectivity index (χ0v) is 13.5. The lowest BCUT2D eigenvalue weighted by atomic mass is 10.0. The molecule has 0 spiro atoms. The van der Waals surface area contributed by atoms with E-state index in [1.54, 1.807) is 19.2 Å². The molecule has 0 aliphatic heterocycles. The van der Waals surface area contributed by atoms with Crippen LogP contribution in [0.2, 0.25) is 0 Å². The summed E-state index contributed by atoms with van der Waals surface area (Å²) in [5, 5.41) is 2.77. The van der Waals surface area contributed by atoms with Crippen LogP contribution in [0.25, 0.3) is 0 Å². The maximum Gasteiger partial charge on any atom is 0.260 e. The van der Waals surface area contributed by atoms with Gasteiger partial charge in [0.1, 0.15) is 23.8 Å². The molecule has 0 radical (unpaired) electrons. The number of hydrogen-bond acceptors (Lipinski definition) is 6. The zero-order chi connectivity index (χ0) is 16.3. The monoisotopic (exact) mass is 300 g/mol. The van der Waals surface area contributed by atoms with E-state index in [-0.39, 0.29) is 11.8 Å². The summed E-state index contributed by atoms with van der Waals surface area (Å²) in [5.74, 6) is 1.67. The van der Waals surface area contributed by atoms with Crippen molar-refractivity contribution in [3.8, 4) is 0 Å². The number of carbonyl (C=O) groups is 1. The highest BCUT2D eigenvalue weighted by Gasteiger charge is 2.17. The summed E-state index contributed by atoms with van der Waals surface area (Å²) in [7, 11) is 3.75. The third-order valence-electron chi connectivity index (χ3n) is 3.08. The van der Waals surface area contributed by atoms with Crippen LogP contribution in [-0.2, 0) is 0 Å². The van der Waals surface area contributed by atoms with E-state index in [2.05, 4.69) is 25.3 Å². The Hall–Kier alpha value is -2.57. The van der Waals surface area contributed by atoms with E-state index in [0.29, 0.717) is 17.2 Å². The van der Waals surface area contributed by atoms with E-state index in [1.165, 1.54) is 6.33 Å². The fraction of sp³-hybridized carbons (Fsp3) is 0.400.